The maximum Gasteiger partial charge on any atom is 0.343 e. The first-order valence-electron chi connectivity index (χ1n) is 7.99. The van der Waals surface area contributed by atoms with Crippen LogP contribution in [0, 0.1) is 20.2 Å². The number of hydrogen-bond acceptors (Lipinski definition) is 8. The number of carbonyl (C=O) groups is 2. The Kier molecular flexibility index (Phi) is 7.04. The van der Waals surface area contributed by atoms with Crippen LogP contribution in [-0.4, -0.2) is 42.4 Å². The van der Waals surface area contributed by atoms with E-state index < -0.39 is 37.8 Å². The minimum Gasteiger partial charge on any atom is -0.480 e. The predicted molar refractivity (Wildman–Crippen MR) is 107 cm³/mol. The molecule has 13 nitrogen and oxygen atoms in total. The van der Waals surface area contributed by atoms with Gasteiger partial charge < -0.3 is 10.2 Å². The van der Waals surface area contributed by atoms with Crippen LogP contribution in [0.15, 0.2) is 58.9 Å². The number of nitro benzene ring substituents is 2. The summed E-state index contributed by atoms with van der Waals surface area (Å²) in [5.74, 6) is -3.76. The molecule has 0 amide bonds. The van der Waals surface area contributed by atoms with Gasteiger partial charge in [-0.05, 0) is 12.1 Å². The lowest BCUT2D eigenvalue weighted by Gasteiger charge is -2.30. The van der Waals surface area contributed by atoms with Gasteiger partial charge >= 0.3 is 11.9 Å². The monoisotopic (exact) mass is 471 g/mol. The van der Waals surface area contributed by atoms with Gasteiger partial charge in [0.05, 0.1) is 21.2 Å². The highest BCUT2D eigenvalue weighted by Crippen LogP contribution is 2.35. The Bertz CT molecular complexity index is 1080. The van der Waals surface area contributed by atoms with E-state index in [0.717, 1.165) is 18.2 Å². The molecule has 0 bridgehead atoms. The molecular formula is C16H11Cl2N5O8. The summed E-state index contributed by atoms with van der Waals surface area (Å²) in [6, 6.07) is 6.83. The fourth-order valence-corrected chi connectivity index (χ4v) is 2.67. The third kappa shape index (κ3) is 5.40. The minimum atomic E-state index is -2.96. The molecule has 0 saturated carbocycles. The zero-order valence-electron chi connectivity index (χ0n) is 15.0. The maximum atomic E-state index is 11.8. The third-order valence-corrected chi connectivity index (χ3v) is 4.45. The van der Waals surface area contributed by atoms with Crippen molar-refractivity contribution in [2.75, 3.05) is 5.01 Å². The third-order valence-electron chi connectivity index (χ3n) is 3.71. The molecular weight excluding hydrogens is 461 g/mol. The first kappa shape index (κ1) is 23.4. The average molecular weight is 472 g/mol. The SMILES string of the molecule is O=C(O)C(N(N=Nc1cccc([N+](=O)[O-])c1)c1cccc([N+](=O)[O-])c1)C(Cl)(Cl)C(=O)O. The van der Waals surface area contributed by atoms with Crippen LogP contribution < -0.4 is 5.01 Å². The molecule has 0 aromatic heterocycles. The highest BCUT2D eigenvalue weighted by atomic mass is 35.5. The van der Waals surface area contributed by atoms with E-state index in [2.05, 4.69) is 10.3 Å². The molecule has 0 aliphatic heterocycles. The number of aliphatic carboxylic acids is 2. The number of nitro groups is 2. The van der Waals surface area contributed by atoms with Crippen LogP contribution in [0.4, 0.5) is 22.7 Å². The molecule has 2 aromatic rings. The van der Waals surface area contributed by atoms with E-state index in [0.29, 0.717) is 5.01 Å². The fraction of sp³-hybridized carbons (Fsp3) is 0.125. The molecule has 15 heteroatoms. The molecule has 0 radical (unpaired) electrons. The van der Waals surface area contributed by atoms with Gasteiger partial charge in [0, 0.05) is 24.3 Å². The van der Waals surface area contributed by atoms with Crippen LogP contribution >= 0.6 is 23.2 Å². The Morgan fingerprint density at radius 2 is 1.55 bits per heavy atom. The van der Waals surface area contributed by atoms with Crippen LogP contribution in [-0.2, 0) is 9.59 Å². The molecule has 31 heavy (non-hydrogen) atoms. The van der Waals surface area contributed by atoms with Crippen molar-refractivity contribution < 1.29 is 29.6 Å². The molecule has 1 unspecified atom stereocenters. The lowest BCUT2D eigenvalue weighted by atomic mass is 10.1. The van der Waals surface area contributed by atoms with Crippen LogP contribution in [0.3, 0.4) is 0 Å². The highest BCUT2D eigenvalue weighted by molar-refractivity contribution is 6.59. The van der Waals surface area contributed by atoms with Gasteiger partial charge in [-0.2, -0.15) is 0 Å². The Morgan fingerprint density at radius 3 is 2.06 bits per heavy atom. The van der Waals surface area contributed by atoms with Crippen molar-refractivity contribution in [3.05, 3.63) is 68.8 Å². The summed E-state index contributed by atoms with van der Waals surface area (Å²) in [6.45, 7) is 0. The molecule has 2 aromatic carbocycles. The van der Waals surface area contributed by atoms with Crippen molar-refractivity contribution in [2.24, 2.45) is 10.3 Å². The van der Waals surface area contributed by atoms with Crippen LogP contribution in [0.1, 0.15) is 0 Å². The van der Waals surface area contributed by atoms with Gasteiger partial charge in [-0.3, -0.25) is 20.2 Å². The van der Waals surface area contributed by atoms with E-state index in [1.165, 1.54) is 30.3 Å². The number of nitrogens with zero attached hydrogens (tertiary/aromatic N) is 5. The van der Waals surface area contributed by atoms with Crippen LogP contribution in [0.25, 0.3) is 0 Å². The normalized spacial score (nSPS) is 12.3. The number of halogens is 2. The predicted octanol–water partition coefficient (Wildman–Crippen LogP) is 3.72. The number of carboxylic acids is 2. The zero-order valence-corrected chi connectivity index (χ0v) is 16.5. The van der Waals surface area contributed by atoms with E-state index >= 15 is 0 Å². The van der Waals surface area contributed by atoms with E-state index in [9.17, 15) is 40.0 Å². The summed E-state index contributed by atoms with van der Waals surface area (Å²) in [5.41, 5.74) is -1.19. The van der Waals surface area contributed by atoms with Gasteiger partial charge in [0.2, 0.25) is 4.33 Å². The van der Waals surface area contributed by atoms with Crippen molar-refractivity contribution in [2.45, 2.75) is 10.4 Å². The number of anilines is 1. The first-order chi connectivity index (χ1) is 14.4. The molecule has 0 saturated heterocycles. The molecule has 0 aliphatic rings. The molecule has 0 heterocycles. The summed E-state index contributed by atoms with van der Waals surface area (Å²) < 4.78 is -2.96. The number of hydrogen-bond donors (Lipinski definition) is 2. The largest absolute Gasteiger partial charge is 0.480 e. The summed E-state index contributed by atoms with van der Waals surface area (Å²) >= 11 is 11.5. The van der Waals surface area contributed by atoms with E-state index in [4.69, 9.17) is 23.2 Å². The Morgan fingerprint density at radius 1 is 1.00 bits per heavy atom. The second-order valence-corrected chi connectivity index (χ2v) is 7.14. The Hall–Kier alpha value is -3.84. The van der Waals surface area contributed by atoms with Gasteiger partial charge in [-0.1, -0.05) is 40.6 Å². The fourth-order valence-electron chi connectivity index (χ4n) is 2.30. The number of benzene rings is 2. The Balaban J connectivity index is 2.64. The van der Waals surface area contributed by atoms with E-state index in [1.54, 1.807) is 0 Å². The van der Waals surface area contributed by atoms with Crippen LogP contribution in [0.5, 0.6) is 0 Å². The summed E-state index contributed by atoms with van der Waals surface area (Å²) in [7, 11) is 0. The Labute approximate surface area is 182 Å². The molecule has 0 aliphatic carbocycles. The van der Waals surface area contributed by atoms with Crippen molar-refractivity contribution in [1.82, 2.24) is 0 Å². The van der Waals surface area contributed by atoms with Gasteiger partial charge in [0.25, 0.3) is 11.4 Å². The van der Waals surface area contributed by atoms with Gasteiger partial charge in [-0.25, -0.2) is 14.6 Å². The summed E-state index contributed by atoms with van der Waals surface area (Å²) in [5, 5.41) is 48.6. The van der Waals surface area contributed by atoms with E-state index in [1.807, 2.05) is 0 Å². The van der Waals surface area contributed by atoms with Crippen LogP contribution in [0.2, 0.25) is 0 Å². The minimum absolute atomic E-state index is 0.0983. The second kappa shape index (κ2) is 9.32. The number of non-ortho nitro benzene ring substituents is 2. The van der Waals surface area contributed by atoms with E-state index in [-0.39, 0.29) is 17.1 Å². The highest BCUT2D eigenvalue weighted by Gasteiger charge is 2.51. The average Bonchev–Trinajstić information content (AvgIpc) is 2.70. The first-order valence-corrected chi connectivity index (χ1v) is 8.74. The molecule has 0 fully saturated rings. The van der Waals surface area contributed by atoms with Crippen molar-refractivity contribution in [1.29, 1.82) is 0 Å². The van der Waals surface area contributed by atoms with Crippen molar-refractivity contribution in [3.63, 3.8) is 0 Å². The molecule has 162 valence electrons. The molecule has 2 rings (SSSR count). The number of rotatable bonds is 9. The number of carboxylic acid groups (broad SMARTS) is 2. The number of alkyl halides is 2. The summed E-state index contributed by atoms with van der Waals surface area (Å²) in [6.07, 6.45) is 0. The lowest BCUT2D eigenvalue weighted by Crippen LogP contribution is -2.53. The second-order valence-electron chi connectivity index (χ2n) is 5.76. The van der Waals surface area contributed by atoms with Gasteiger partial charge in [-0.15, -0.1) is 5.11 Å². The quantitative estimate of drug-likeness (QED) is 0.237. The molecule has 2 N–H and O–H groups in total. The molecule has 0 spiro atoms. The van der Waals surface area contributed by atoms with Gasteiger partial charge in [0.1, 0.15) is 0 Å². The smallest absolute Gasteiger partial charge is 0.343 e. The summed E-state index contributed by atoms with van der Waals surface area (Å²) in [4.78, 5) is 43.8. The van der Waals surface area contributed by atoms with Gasteiger partial charge in [0.15, 0.2) is 6.04 Å². The molecule has 1 atom stereocenters. The van der Waals surface area contributed by atoms with Crippen molar-refractivity contribution in [3.8, 4) is 0 Å². The standard InChI is InChI=1S/C16H11Cl2N5O8/c17-16(18,15(26)27)13(14(24)25)21(10-4-2-6-12(8-10)23(30)31)20-19-9-3-1-5-11(7-9)22(28)29/h1-8,13H,(H,24,25)(H,26,27). The zero-order chi connectivity index (χ0) is 23.3. The maximum absolute atomic E-state index is 11.8. The van der Waals surface area contributed by atoms with Crippen molar-refractivity contribution >= 4 is 57.9 Å². The topological polar surface area (TPSA) is 189 Å². The lowest BCUT2D eigenvalue weighted by molar-refractivity contribution is -0.385.